The summed E-state index contributed by atoms with van der Waals surface area (Å²) < 4.78 is 0. The van der Waals surface area contributed by atoms with Crippen LogP contribution in [0.15, 0.2) is 36.4 Å². The Labute approximate surface area is 141 Å². The van der Waals surface area contributed by atoms with Crippen molar-refractivity contribution in [2.45, 2.75) is 71.6 Å². The lowest BCUT2D eigenvalue weighted by molar-refractivity contribution is 0.585. The normalized spacial score (nSPS) is 15.3. The van der Waals surface area contributed by atoms with Crippen LogP contribution in [0.25, 0.3) is 0 Å². The zero-order valence-corrected chi connectivity index (χ0v) is 15.7. The second-order valence-corrected chi connectivity index (χ2v) is 9.23. The number of fused-ring (bicyclic) bond motifs is 2. The second kappa shape index (κ2) is 5.23. The van der Waals surface area contributed by atoms with Gasteiger partial charge in [0.2, 0.25) is 0 Å². The molecule has 0 atom stereocenters. The van der Waals surface area contributed by atoms with Crippen molar-refractivity contribution in [3.63, 3.8) is 0 Å². The maximum absolute atomic E-state index is 2.45. The predicted octanol–water partition coefficient (Wildman–Crippen LogP) is 6.34. The molecule has 0 fully saturated rings. The average Bonchev–Trinajstić information content (AvgIpc) is 2.45. The van der Waals surface area contributed by atoms with Gasteiger partial charge in [0, 0.05) is 5.92 Å². The largest absolute Gasteiger partial charge is 0.0582 e. The van der Waals surface area contributed by atoms with Crippen LogP contribution in [0.5, 0.6) is 0 Å². The van der Waals surface area contributed by atoms with E-state index in [-0.39, 0.29) is 10.8 Å². The summed E-state index contributed by atoms with van der Waals surface area (Å²) in [4.78, 5) is 0. The molecule has 0 aromatic heterocycles. The summed E-state index contributed by atoms with van der Waals surface area (Å²) in [7, 11) is 0. The van der Waals surface area contributed by atoms with Gasteiger partial charge in [-0.3, -0.25) is 0 Å². The summed E-state index contributed by atoms with van der Waals surface area (Å²) in [6.07, 6.45) is 1.07. The molecule has 3 rings (SSSR count). The third-order valence-electron chi connectivity index (χ3n) is 5.34. The van der Waals surface area contributed by atoms with E-state index < -0.39 is 0 Å². The molecular formula is C23H30. The number of hydrogen-bond donors (Lipinski definition) is 0. The standard InChI is InChI=1S/C23H30/c1-15-20-13-18(22(2,3)4)10-8-16(20)12-17-9-11-19(14-21(15)17)23(5,6)7/h8-11,13-15H,12H2,1-7H3. The van der Waals surface area contributed by atoms with Crippen molar-refractivity contribution < 1.29 is 0 Å². The molecule has 2 aromatic carbocycles. The van der Waals surface area contributed by atoms with Gasteiger partial charge in [0.15, 0.2) is 0 Å². The minimum absolute atomic E-state index is 0.211. The fraction of sp³-hybridized carbons (Fsp3) is 0.478. The Bertz CT molecular complexity index is 672. The first-order valence-corrected chi connectivity index (χ1v) is 8.84. The van der Waals surface area contributed by atoms with Crippen LogP contribution in [0, 0.1) is 0 Å². The highest BCUT2D eigenvalue weighted by atomic mass is 14.3. The summed E-state index contributed by atoms with van der Waals surface area (Å²) in [6.45, 7) is 16.2. The zero-order valence-electron chi connectivity index (χ0n) is 15.7. The predicted molar refractivity (Wildman–Crippen MR) is 101 cm³/mol. The minimum atomic E-state index is 0.211. The Kier molecular flexibility index (Phi) is 3.71. The molecule has 1 aliphatic carbocycles. The summed E-state index contributed by atoms with van der Waals surface area (Å²) in [6, 6.07) is 14.2. The Hall–Kier alpha value is -1.56. The summed E-state index contributed by atoms with van der Waals surface area (Å²) >= 11 is 0. The van der Waals surface area contributed by atoms with Crippen LogP contribution in [0.2, 0.25) is 0 Å². The van der Waals surface area contributed by atoms with Crippen LogP contribution in [-0.2, 0) is 17.3 Å². The van der Waals surface area contributed by atoms with E-state index in [9.17, 15) is 0 Å². The van der Waals surface area contributed by atoms with Crippen LogP contribution < -0.4 is 0 Å². The Balaban J connectivity index is 2.09. The summed E-state index contributed by atoms with van der Waals surface area (Å²) in [5, 5.41) is 0. The van der Waals surface area contributed by atoms with Gasteiger partial charge < -0.3 is 0 Å². The van der Waals surface area contributed by atoms with E-state index in [1.165, 1.54) is 33.4 Å². The van der Waals surface area contributed by atoms with Crippen LogP contribution in [-0.4, -0.2) is 0 Å². The van der Waals surface area contributed by atoms with Crippen molar-refractivity contribution >= 4 is 0 Å². The van der Waals surface area contributed by atoms with Gasteiger partial charge in [-0.15, -0.1) is 0 Å². The minimum Gasteiger partial charge on any atom is -0.0582 e. The summed E-state index contributed by atoms with van der Waals surface area (Å²) in [5.41, 5.74) is 9.36. The zero-order chi connectivity index (χ0) is 17.0. The molecule has 0 amide bonds. The van der Waals surface area contributed by atoms with Crippen molar-refractivity contribution in [3.8, 4) is 0 Å². The fourth-order valence-corrected chi connectivity index (χ4v) is 3.62. The fourth-order valence-electron chi connectivity index (χ4n) is 3.62. The van der Waals surface area contributed by atoms with Crippen molar-refractivity contribution in [1.29, 1.82) is 0 Å². The molecule has 0 nitrogen and oxygen atoms in total. The van der Waals surface area contributed by atoms with E-state index in [0.29, 0.717) is 5.92 Å². The van der Waals surface area contributed by atoms with Gasteiger partial charge in [0.1, 0.15) is 0 Å². The number of rotatable bonds is 0. The first kappa shape index (κ1) is 16.3. The number of benzene rings is 2. The molecule has 0 spiro atoms. The molecule has 1 aliphatic rings. The third kappa shape index (κ3) is 2.96. The quantitative estimate of drug-likeness (QED) is 0.533. The first-order valence-electron chi connectivity index (χ1n) is 8.84. The Morgan fingerprint density at radius 3 is 1.43 bits per heavy atom. The van der Waals surface area contributed by atoms with Gasteiger partial charge in [0.05, 0.1) is 0 Å². The maximum atomic E-state index is 2.45. The molecule has 23 heavy (non-hydrogen) atoms. The van der Waals surface area contributed by atoms with E-state index in [2.05, 4.69) is 84.9 Å². The van der Waals surface area contributed by atoms with E-state index >= 15 is 0 Å². The van der Waals surface area contributed by atoms with E-state index in [4.69, 9.17) is 0 Å². The van der Waals surface area contributed by atoms with E-state index in [1.807, 2.05) is 0 Å². The van der Waals surface area contributed by atoms with Gasteiger partial charge in [-0.25, -0.2) is 0 Å². The van der Waals surface area contributed by atoms with Crippen molar-refractivity contribution in [3.05, 3.63) is 69.8 Å². The van der Waals surface area contributed by atoms with Crippen LogP contribution in [0.3, 0.4) is 0 Å². The van der Waals surface area contributed by atoms with Crippen LogP contribution in [0.1, 0.15) is 87.8 Å². The Morgan fingerprint density at radius 1 is 0.696 bits per heavy atom. The lowest BCUT2D eigenvalue weighted by Crippen LogP contribution is -2.18. The second-order valence-electron chi connectivity index (χ2n) is 9.23. The molecule has 0 heteroatoms. The van der Waals surface area contributed by atoms with Crippen molar-refractivity contribution in [2.75, 3.05) is 0 Å². The lowest BCUT2D eigenvalue weighted by atomic mass is 9.74. The highest BCUT2D eigenvalue weighted by Crippen LogP contribution is 2.40. The third-order valence-corrected chi connectivity index (χ3v) is 5.34. The first-order chi connectivity index (χ1) is 10.6. The molecule has 0 N–H and O–H groups in total. The summed E-state index contributed by atoms with van der Waals surface area (Å²) in [5.74, 6) is 0.485. The molecule has 0 saturated carbocycles. The topological polar surface area (TPSA) is 0 Å². The average molecular weight is 306 g/mol. The monoisotopic (exact) mass is 306 g/mol. The van der Waals surface area contributed by atoms with Crippen LogP contribution >= 0.6 is 0 Å². The maximum Gasteiger partial charge on any atom is 0.00669 e. The molecule has 0 unspecified atom stereocenters. The molecule has 0 radical (unpaired) electrons. The molecular weight excluding hydrogens is 276 g/mol. The molecule has 0 aliphatic heterocycles. The van der Waals surface area contributed by atoms with E-state index in [0.717, 1.165) is 6.42 Å². The highest BCUT2D eigenvalue weighted by molar-refractivity contribution is 5.52. The molecule has 2 aromatic rings. The van der Waals surface area contributed by atoms with Crippen LogP contribution in [0.4, 0.5) is 0 Å². The van der Waals surface area contributed by atoms with Gasteiger partial charge in [-0.1, -0.05) is 84.9 Å². The highest BCUT2D eigenvalue weighted by Gasteiger charge is 2.26. The van der Waals surface area contributed by atoms with Crippen molar-refractivity contribution in [1.82, 2.24) is 0 Å². The molecule has 0 bridgehead atoms. The SMILES string of the molecule is CC1c2cc(C(C)(C)C)ccc2Cc2ccc(C(C)(C)C)cc21. The molecule has 122 valence electrons. The lowest BCUT2D eigenvalue weighted by Gasteiger charge is -2.30. The smallest absolute Gasteiger partial charge is 0.00669 e. The Morgan fingerprint density at radius 2 is 1.09 bits per heavy atom. The van der Waals surface area contributed by atoms with E-state index in [1.54, 1.807) is 0 Å². The van der Waals surface area contributed by atoms with Gasteiger partial charge in [-0.05, 0) is 50.6 Å². The number of hydrogen-bond acceptors (Lipinski definition) is 0. The molecule has 0 heterocycles. The van der Waals surface area contributed by atoms with Gasteiger partial charge >= 0.3 is 0 Å². The molecule has 0 saturated heterocycles. The van der Waals surface area contributed by atoms with Crippen molar-refractivity contribution in [2.24, 2.45) is 0 Å². The van der Waals surface area contributed by atoms with Gasteiger partial charge in [0.25, 0.3) is 0 Å². The van der Waals surface area contributed by atoms with Gasteiger partial charge in [-0.2, -0.15) is 0 Å².